The highest BCUT2D eigenvalue weighted by Gasteiger charge is 2.20. The van der Waals surface area contributed by atoms with Gasteiger partial charge in [-0.25, -0.2) is 22.8 Å². The molecule has 25 heavy (non-hydrogen) atoms. The second-order valence-corrected chi connectivity index (χ2v) is 6.97. The number of aromatic nitrogens is 2. The first kappa shape index (κ1) is 16.9. The summed E-state index contributed by atoms with van der Waals surface area (Å²) in [7, 11) is -1.11. The summed E-state index contributed by atoms with van der Waals surface area (Å²) in [6.07, 6.45) is 1.48. The van der Waals surface area contributed by atoms with Gasteiger partial charge < -0.3 is 4.74 Å². The predicted octanol–water partition coefficient (Wildman–Crippen LogP) is 1.34. The number of amides is 1. The van der Waals surface area contributed by atoms with E-state index in [1.54, 1.807) is 0 Å². The molecule has 3 rings (SSSR count). The molecule has 130 valence electrons. The monoisotopic (exact) mass is 360 g/mol. The van der Waals surface area contributed by atoms with Crippen LogP contribution in [0.3, 0.4) is 0 Å². The standard InChI is InChI=1S/C16H16N4O4S/c1-17-25(22,23)15-9-11(7-8-14(15)24-2)16(21)19-20-10-18-12-5-3-4-6-13(12)20/h3-10,17H,1-2H3,(H,19,21). The average molecular weight is 360 g/mol. The third kappa shape index (κ3) is 3.19. The Morgan fingerprint density at radius 1 is 1.20 bits per heavy atom. The number of rotatable bonds is 5. The summed E-state index contributed by atoms with van der Waals surface area (Å²) in [5, 5.41) is 0. The van der Waals surface area contributed by atoms with Crippen LogP contribution in [0.1, 0.15) is 10.4 Å². The Balaban J connectivity index is 1.96. The molecule has 0 atom stereocenters. The van der Waals surface area contributed by atoms with E-state index in [2.05, 4.69) is 15.1 Å². The van der Waals surface area contributed by atoms with E-state index in [1.807, 2.05) is 24.3 Å². The first-order valence-corrected chi connectivity index (χ1v) is 8.79. The van der Waals surface area contributed by atoms with Crippen LogP contribution in [0.15, 0.2) is 53.7 Å². The molecule has 0 saturated carbocycles. The fourth-order valence-corrected chi connectivity index (χ4v) is 3.28. The maximum atomic E-state index is 12.5. The zero-order chi connectivity index (χ0) is 18.0. The lowest BCUT2D eigenvalue weighted by molar-refractivity contribution is 0.101. The molecule has 0 saturated heterocycles. The SMILES string of the molecule is CNS(=O)(=O)c1cc(C(=O)Nn2cnc3ccccc32)ccc1OC. The fourth-order valence-electron chi connectivity index (χ4n) is 2.36. The highest BCUT2D eigenvalue weighted by molar-refractivity contribution is 7.89. The van der Waals surface area contributed by atoms with Crippen molar-refractivity contribution in [1.29, 1.82) is 0 Å². The Kier molecular flexibility index (Phi) is 4.43. The number of sulfonamides is 1. The van der Waals surface area contributed by atoms with Crippen LogP contribution in [0.2, 0.25) is 0 Å². The van der Waals surface area contributed by atoms with Gasteiger partial charge in [0.05, 0.1) is 18.1 Å². The van der Waals surface area contributed by atoms with Crippen molar-refractivity contribution in [1.82, 2.24) is 14.4 Å². The Bertz CT molecular complexity index is 1040. The van der Waals surface area contributed by atoms with Gasteiger partial charge in [-0.15, -0.1) is 0 Å². The van der Waals surface area contributed by atoms with Crippen molar-refractivity contribution in [3.05, 3.63) is 54.4 Å². The minimum Gasteiger partial charge on any atom is -0.495 e. The van der Waals surface area contributed by atoms with Crippen molar-refractivity contribution in [2.75, 3.05) is 19.6 Å². The molecule has 8 nitrogen and oxygen atoms in total. The fraction of sp³-hybridized carbons (Fsp3) is 0.125. The molecule has 1 aromatic heterocycles. The van der Waals surface area contributed by atoms with E-state index in [0.717, 1.165) is 11.0 Å². The van der Waals surface area contributed by atoms with Crippen molar-refractivity contribution >= 4 is 27.0 Å². The van der Waals surface area contributed by atoms with Crippen LogP contribution in [0, 0.1) is 0 Å². The van der Waals surface area contributed by atoms with Crippen LogP contribution in [-0.4, -0.2) is 38.1 Å². The van der Waals surface area contributed by atoms with Gasteiger partial charge in [-0.05, 0) is 37.4 Å². The first-order valence-electron chi connectivity index (χ1n) is 7.31. The summed E-state index contributed by atoms with van der Waals surface area (Å²) in [5.41, 5.74) is 4.31. The second-order valence-electron chi connectivity index (χ2n) is 5.12. The summed E-state index contributed by atoms with van der Waals surface area (Å²) in [6, 6.07) is 11.5. The van der Waals surface area contributed by atoms with E-state index in [4.69, 9.17) is 4.74 Å². The topological polar surface area (TPSA) is 102 Å². The van der Waals surface area contributed by atoms with Gasteiger partial charge in [-0.1, -0.05) is 12.1 Å². The Morgan fingerprint density at radius 3 is 2.68 bits per heavy atom. The Hall–Kier alpha value is -2.91. The molecule has 0 unspecified atom stereocenters. The maximum absolute atomic E-state index is 12.5. The Labute approximate surface area is 144 Å². The number of carbonyl (C=O) groups excluding carboxylic acids is 1. The number of methoxy groups -OCH3 is 1. The molecular formula is C16H16N4O4S. The second kappa shape index (κ2) is 6.54. The van der Waals surface area contributed by atoms with Gasteiger partial charge in [0, 0.05) is 5.56 Å². The summed E-state index contributed by atoms with van der Waals surface area (Å²) in [6.45, 7) is 0. The smallest absolute Gasteiger partial charge is 0.270 e. The quantitative estimate of drug-likeness (QED) is 0.715. The number of carbonyl (C=O) groups is 1. The molecule has 0 aliphatic carbocycles. The zero-order valence-electron chi connectivity index (χ0n) is 13.6. The largest absolute Gasteiger partial charge is 0.495 e. The number of nitrogens with one attached hydrogen (secondary N) is 2. The molecule has 0 spiro atoms. The number of hydrogen-bond acceptors (Lipinski definition) is 5. The molecule has 0 fully saturated rings. The molecule has 2 N–H and O–H groups in total. The molecule has 3 aromatic rings. The van der Waals surface area contributed by atoms with Crippen molar-refractivity contribution in [2.45, 2.75) is 4.90 Å². The summed E-state index contributed by atoms with van der Waals surface area (Å²) < 4.78 is 33.0. The van der Waals surface area contributed by atoms with Crippen LogP contribution in [0.5, 0.6) is 5.75 Å². The number of benzene rings is 2. The van der Waals surface area contributed by atoms with E-state index in [0.29, 0.717) is 0 Å². The molecule has 0 bridgehead atoms. The molecule has 0 aliphatic heterocycles. The number of hydrogen-bond donors (Lipinski definition) is 2. The van der Waals surface area contributed by atoms with Gasteiger partial charge in [0.25, 0.3) is 5.91 Å². The van der Waals surface area contributed by atoms with Crippen molar-refractivity contribution in [2.24, 2.45) is 0 Å². The molecule has 2 aromatic carbocycles. The number of imidazole rings is 1. The van der Waals surface area contributed by atoms with Gasteiger partial charge in [-0.2, -0.15) is 0 Å². The zero-order valence-corrected chi connectivity index (χ0v) is 14.4. The van der Waals surface area contributed by atoms with Crippen LogP contribution < -0.4 is 14.9 Å². The molecule has 1 heterocycles. The maximum Gasteiger partial charge on any atom is 0.270 e. The van der Waals surface area contributed by atoms with Gasteiger partial charge >= 0.3 is 0 Å². The number of para-hydroxylation sites is 2. The normalized spacial score (nSPS) is 11.4. The lowest BCUT2D eigenvalue weighted by Crippen LogP contribution is -2.23. The predicted molar refractivity (Wildman–Crippen MR) is 92.7 cm³/mol. The molecule has 0 aliphatic rings. The van der Waals surface area contributed by atoms with Gasteiger partial charge in [0.1, 0.15) is 17.0 Å². The minimum atomic E-state index is -3.77. The third-order valence-corrected chi connectivity index (χ3v) is 5.10. The highest BCUT2D eigenvalue weighted by Crippen LogP contribution is 2.24. The summed E-state index contributed by atoms with van der Waals surface area (Å²) >= 11 is 0. The van der Waals surface area contributed by atoms with E-state index in [1.165, 1.54) is 43.4 Å². The van der Waals surface area contributed by atoms with E-state index >= 15 is 0 Å². The number of fused-ring (bicyclic) bond motifs is 1. The number of nitrogens with zero attached hydrogens (tertiary/aromatic N) is 2. The molecule has 9 heteroatoms. The lowest BCUT2D eigenvalue weighted by atomic mass is 10.2. The van der Waals surface area contributed by atoms with Crippen LogP contribution in [-0.2, 0) is 10.0 Å². The number of ether oxygens (including phenoxy) is 1. The molecule has 0 radical (unpaired) electrons. The third-order valence-electron chi connectivity index (χ3n) is 3.66. The van der Waals surface area contributed by atoms with Gasteiger partial charge in [-0.3, -0.25) is 10.2 Å². The van der Waals surface area contributed by atoms with Crippen LogP contribution >= 0.6 is 0 Å². The van der Waals surface area contributed by atoms with E-state index in [9.17, 15) is 13.2 Å². The summed E-state index contributed by atoms with van der Waals surface area (Å²) in [5.74, 6) is -0.322. The summed E-state index contributed by atoms with van der Waals surface area (Å²) in [4.78, 5) is 16.6. The van der Waals surface area contributed by atoms with Gasteiger partial charge in [0.15, 0.2) is 0 Å². The van der Waals surface area contributed by atoms with Crippen molar-refractivity contribution in [3.63, 3.8) is 0 Å². The first-order chi connectivity index (χ1) is 12.0. The highest BCUT2D eigenvalue weighted by atomic mass is 32.2. The van der Waals surface area contributed by atoms with Crippen LogP contribution in [0.4, 0.5) is 0 Å². The average Bonchev–Trinajstić information content (AvgIpc) is 3.04. The lowest BCUT2D eigenvalue weighted by Gasteiger charge is -2.11. The van der Waals surface area contributed by atoms with Gasteiger partial charge in [0.2, 0.25) is 10.0 Å². The van der Waals surface area contributed by atoms with Crippen LogP contribution in [0.25, 0.3) is 11.0 Å². The molecular weight excluding hydrogens is 344 g/mol. The molecule has 1 amide bonds. The van der Waals surface area contributed by atoms with Crippen molar-refractivity contribution < 1.29 is 17.9 Å². The van der Waals surface area contributed by atoms with Crippen molar-refractivity contribution in [3.8, 4) is 5.75 Å². The Morgan fingerprint density at radius 2 is 1.96 bits per heavy atom. The van der Waals surface area contributed by atoms with E-state index < -0.39 is 15.9 Å². The van der Waals surface area contributed by atoms with E-state index in [-0.39, 0.29) is 16.2 Å². The minimum absolute atomic E-state index is 0.111.